The van der Waals surface area contributed by atoms with Crippen molar-refractivity contribution in [3.05, 3.63) is 83.6 Å². The van der Waals surface area contributed by atoms with Crippen LogP contribution in [0, 0.1) is 5.82 Å². The third kappa shape index (κ3) is 3.79. The molecule has 5 nitrogen and oxygen atoms in total. The Morgan fingerprint density at radius 1 is 1.03 bits per heavy atom. The van der Waals surface area contributed by atoms with Crippen LogP contribution in [0.3, 0.4) is 0 Å². The SMILES string of the molecule is O=C(c1ccc(Oc2ncccc2C(F)(F)F)cc1)c1nc2cc(F)ccc2[nH]1. The van der Waals surface area contributed by atoms with Gasteiger partial charge in [0.25, 0.3) is 0 Å². The zero-order valence-electron chi connectivity index (χ0n) is 14.5. The van der Waals surface area contributed by atoms with Crippen molar-refractivity contribution < 1.29 is 27.1 Å². The van der Waals surface area contributed by atoms with Gasteiger partial charge in [-0.2, -0.15) is 13.2 Å². The van der Waals surface area contributed by atoms with Crippen LogP contribution in [0.5, 0.6) is 11.6 Å². The van der Waals surface area contributed by atoms with Gasteiger partial charge in [0.15, 0.2) is 5.82 Å². The molecule has 0 saturated carbocycles. The van der Waals surface area contributed by atoms with Gasteiger partial charge in [-0.15, -0.1) is 0 Å². The zero-order valence-corrected chi connectivity index (χ0v) is 14.5. The Hall–Kier alpha value is -3.75. The number of imidazole rings is 1. The quantitative estimate of drug-likeness (QED) is 0.380. The van der Waals surface area contributed by atoms with E-state index in [2.05, 4.69) is 15.0 Å². The minimum atomic E-state index is -4.61. The lowest BCUT2D eigenvalue weighted by Gasteiger charge is -2.12. The molecule has 29 heavy (non-hydrogen) atoms. The fraction of sp³-hybridized carbons (Fsp3) is 0.0500. The average molecular weight is 401 g/mol. The Balaban J connectivity index is 1.57. The second-order valence-electron chi connectivity index (χ2n) is 6.06. The number of nitrogens with one attached hydrogen (secondary N) is 1. The summed E-state index contributed by atoms with van der Waals surface area (Å²) in [4.78, 5) is 23.1. The highest BCUT2D eigenvalue weighted by Crippen LogP contribution is 2.36. The van der Waals surface area contributed by atoms with Gasteiger partial charge in [0, 0.05) is 17.8 Å². The number of pyridine rings is 1. The second kappa shape index (κ2) is 7.01. The van der Waals surface area contributed by atoms with Gasteiger partial charge in [-0.3, -0.25) is 4.79 Å². The summed E-state index contributed by atoms with van der Waals surface area (Å²) in [7, 11) is 0. The van der Waals surface area contributed by atoms with Crippen LogP contribution in [0.4, 0.5) is 17.6 Å². The molecule has 9 heteroatoms. The van der Waals surface area contributed by atoms with E-state index in [0.29, 0.717) is 11.0 Å². The van der Waals surface area contributed by atoms with E-state index < -0.39 is 29.2 Å². The zero-order chi connectivity index (χ0) is 20.6. The normalized spacial score (nSPS) is 11.6. The second-order valence-corrected chi connectivity index (χ2v) is 6.06. The number of carbonyl (C=O) groups excluding carboxylic acids is 1. The maximum absolute atomic E-state index is 13.3. The fourth-order valence-electron chi connectivity index (χ4n) is 2.70. The van der Waals surface area contributed by atoms with Crippen LogP contribution < -0.4 is 4.74 Å². The largest absolute Gasteiger partial charge is 0.438 e. The molecule has 2 aromatic carbocycles. The minimum Gasteiger partial charge on any atom is -0.438 e. The van der Waals surface area contributed by atoms with Crippen LogP contribution in [0.1, 0.15) is 21.7 Å². The number of hydrogen-bond donors (Lipinski definition) is 1. The van der Waals surface area contributed by atoms with E-state index in [0.717, 1.165) is 12.1 Å². The monoisotopic (exact) mass is 401 g/mol. The standard InChI is InChI=1S/C20H11F4N3O2/c21-12-5-8-15-16(10-12)27-18(26-15)17(28)11-3-6-13(7-4-11)29-19-14(20(22,23)24)2-1-9-25-19/h1-10H,(H,26,27). The highest BCUT2D eigenvalue weighted by atomic mass is 19.4. The van der Waals surface area contributed by atoms with Crippen LogP contribution in [-0.4, -0.2) is 20.7 Å². The molecule has 0 spiro atoms. The first-order valence-electron chi connectivity index (χ1n) is 8.31. The number of rotatable bonds is 4. The van der Waals surface area contributed by atoms with Crippen molar-refractivity contribution in [1.29, 1.82) is 0 Å². The number of fused-ring (bicyclic) bond motifs is 1. The molecule has 2 heterocycles. The first kappa shape index (κ1) is 18.6. The number of aromatic nitrogens is 3. The van der Waals surface area contributed by atoms with Gasteiger partial charge < -0.3 is 9.72 Å². The van der Waals surface area contributed by atoms with E-state index in [1.165, 1.54) is 48.7 Å². The lowest BCUT2D eigenvalue weighted by Crippen LogP contribution is -2.08. The summed E-state index contributed by atoms with van der Waals surface area (Å²) >= 11 is 0. The van der Waals surface area contributed by atoms with E-state index in [9.17, 15) is 22.4 Å². The van der Waals surface area contributed by atoms with E-state index in [1.807, 2.05) is 0 Å². The van der Waals surface area contributed by atoms with E-state index in [4.69, 9.17) is 4.74 Å². The van der Waals surface area contributed by atoms with Crippen LogP contribution in [-0.2, 0) is 6.18 Å². The Labute approximate surface area is 161 Å². The third-order valence-electron chi connectivity index (χ3n) is 4.07. The lowest BCUT2D eigenvalue weighted by atomic mass is 10.1. The third-order valence-corrected chi connectivity index (χ3v) is 4.07. The molecule has 4 rings (SSSR count). The summed E-state index contributed by atoms with van der Waals surface area (Å²) in [6.45, 7) is 0. The number of nitrogens with zero attached hydrogens (tertiary/aromatic N) is 2. The van der Waals surface area contributed by atoms with Gasteiger partial charge >= 0.3 is 6.18 Å². The molecule has 0 aliphatic heterocycles. The smallest absolute Gasteiger partial charge is 0.421 e. The van der Waals surface area contributed by atoms with E-state index >= 15 is 0 Å². The fourth-order valence-corrected chi connectivity index (χ4v) is 2.70. The summed E-state index contributed by atoms with van der Waals surface area (Å²) in [5.74, 6) is -1.42. The van der Waals surface area contributed by atoms with E-state index in [1.54, 1.807) is 0 Å². The number of H-pyrrole nitrogens is 1. The Morgan fingerprint density at radius 3 is 2.52 bits per heavy atom. The number of ketones is 1. The number of benzene rings is 2. The van der Waals surface area contributed by atoms with Gasteiger partial charge in [0.2, 0.25) is 11.7 Å². The van der Waals surface area contributed by atoms with Gasteiger partial charge in [0.1, 0.15) is 17.1 Å². The molecule has 146 valence electrons. The molecule has 4 aromatic rings. The van der Waals surface area contributed by atoms with Crippen LogP contribution in [0.15, 0.2) is 60.8 Å². The maximum Gasteiger partial charge on any atom is 0.421 e. The van der Waals surface area contributed by atoms with Crippen molar-refractivity contribution in [2.75, 3.05) is 0 Å². The van der Waals surface area contributed by atoms with Crippen LogP contribution in [0.2, 0.25) is 0 Å². The molecule has 0 unspecified atom stereocenters. The van der Waals surface area contributed by atoms with Crippen LogP contribution >= 0.6 is 0 Å². The number of alkyl halides is 3. The van der Waals surface area contributed by atoms with Crippen molar-refractivity contribution in [2.24, 2.45) is 0 Å². The van der Waals surface area contributed by atoms with Crippen molar-refractivity contribution in [3.8, 4) is 11.6 Å². The van der Waals surface area contributed by atoms with Gasteiger partial charge in [0.05, 0.1) is 11.0 Å². The summed E-state index contributed by atoms with van der Waals surface area (Å²) in [5.41, 5.74) is 0.0382. The average Bonchev–Trinajstić information content (AvgIpc) is 3.11. The summed E-state index contributed by atoms with van der Waals surface area (Å²) in [6, 6.07) is 11.4. The molecule has 0 amide bonds. The Bertz CT molecular complexity index is 1200. The first-order valence-corrected chi connectivity index (χ1v) is 8.31. The summed E-state index contributed by atoms with van der Waals surface area (Å²) in [6.07, 6.45) is -3.42. The van der Waals surface area contributed by atoms with Crippen LogP contribution in [0.25, 0.3) is 11.0 Å². The van der Waals surface area contributed by atoms with Crippen molar-refractivity contribution in [2.45, 2.75) is 6.18 Å². The van der Waals surface area contributed by atoms with Crippen molar-refractivity contribution in [3.63, 3.8) is 0 Å². The molecule has 1 N–H and O–H groups in total. The molecule has 2 aromatic heterocycles. The van der Waals surface area contributed by atoms with E-state index in [-0.39, 0.29) is 17.1 Å². The molecule has 0 aliphatic carbocycles. The van der Waals surface area contributed by atoms with Crippen molar-refractivity contribution >= 4 is 16.8 Å². The minimum absolute atomic E-state index is 0.0170. The maximum atomic E-state index is 13.3. The van der Waals surface area contributed by atoms with Gasteiger partial charge in [-0.05, 0) is 48.5 Å². The van der Waals surface area contributed by atoms with Gasteiger partial charge in [-0.1, -0.05) is 0 Å². The lowest BCUT2D eigenvalue weighted by molar-refractivity contribution is -0.138. The summed E-state index contributed by atoms with van der Waals surface area (Å²) in [5, 5.41) is 0. The number of halogens is 4. The van der Waals surface area contributed by atoms with Gasteiger partial charge in [-0.25, -0.2) is 14.4 Å². The molecule has 0 atom stereocenters. The predicted octanol–water partition coefficient (Wildman–Crippen LogP) is 5.14. The predicted molar refractivity (Wildman–Crippen MR) is 95.2 cm³/mol. The highest BCUT2D eigenvalue weighted by Gasteiger charge is 2.35. The number of hydrogen-bond acceptors (Lipinski definition) is 4. The highest BCUT2D eigenvalue weighted by molar-refractivity contribution is 6.08. The molecule has 0 saturated heterocycles. The van der Waals surface area contributed by atoms with Crippen molar-refractivity contribution in [1.82, 2.24) is 15.0 Å². The molecular formula is C20H11F4N3O2. The number of aromatic amines is 1. The summed E-state index contributed by atoms with van der Waals surface area (Å²) < 4.78 is 57.6. The Morgan fingerprint density at radius 2 is 1.79 bits per heavy atom. The molecule has 0 bridgehead atoms. The molecular weight excluding hydrogens is 390 g/mol. The number of carbonyl (C=O) groups is 1. The first-order chi connectivity index (χ1) is 13.8. The topological polar surface area (TPSA) is 67.9 Å². The Kier molecular flexibility index (Phi) is 4.50. The molecule has 0 aliphatic rings. The molecule has 0 radical (unpaired) electrons. The molecule has 0 fully saturated rings. The number of ether oxygens (including phenoxy) is 1.